The third kappa shape index (κ3) is 3.25. The summed E-state index contributed by atoms with van der Waals surface area (Å²) in [5.74, 6) is 0.0840. The second-order valence-electron chi connectivity index (χ2n) is 5.95. The van der Waals surface area contributed by atoms with Crippen LogP contribution >= 0.6 is 0 Å². The van der Waals surface area contributed by atoms with Crippen LogP contribution in [0.1, 0.15) is 19.8 Å². The maximum absolute atomic E-state index is 12.1. The zero-order chi connectivity index (χ0) is 15.2. The minimum absolute atomic E-state index is 0.0401. The van der Waals surface area contributed by atoms with Gasteiger partial charge in [0.2, 0.25) is 0 Å². The molecule has 116 valence electrons. The highest BCUT2D eigenvalue weighted by atomic mass is 32.2. The molecule has 2 aliphatic rings. The van der Waals surface area contributed by atoms with Crippen molar-refractivity contribution in [1.82, 2.24) is 10.2 Å². The Bertz CT molecular complexity index is 613. The van der Waals surface area contributed by atoms with Crippen LogP contribution in [0.25, 0.3) is 0 Å². The van der Waals surface area contributed by atoms with Crippen molar-refractivity contribution in [1.29, 1.82) is 0 Å². The van der Waals surface area contributed by atoms with Crippen LogP contribution < -0.4 is 5.32 Å². The molecule has 2 rings (SSSR count). The first-order chi connectivity index (χ1) is 9.03. The molecule has 0 spiro atoms. The molecule has 20 heavy (non-hydrogen) atoms. The first-order valence-electron chi connectivity index (χ1n) is 6.48. The summed E-state index contributed by atoms with van der Waals surface area (Å²) in [6.45, 7) is 1.74. The van der Waals surface area contributed by atoms with Crippen LogP contribution in [0.15, 0.2) is 0 Å². The molecule has 2 heterocycles. The van der Waals surface area contributed by atoms with Gasteiger partial charge in [0.05, 0.1) is 28.6 Å². The Morgan fingerprint density at radius 1 is 1.20 bits per heavy atom. The number of amides is 2. The fourth-order valence-electron chi connectivity index (χ4n) is 2.68. The Kier molecular flexibility index (Phi) is 3.79. The standard InChI is InChI=1S/C11H20N2O5S2/c1-11(4-6-20(17,18)8-11)13(2)10(14)12-9-3-5-19(15,16)7-9/h9H,3-8H2,1-2H3,(H,12,14). The van der Waals surface area contributed by atoms with Crippen molar-refractivity contribution in [2.45, 2.75) is 31.3 Å². The lowest BCUT2D eigenvalue weighted by molar-refractivity contribution is 0.157. The fraction of sp³-hybridized carbons (Fsp3) is 0.909. The molecular formula is C11H20N2O5S2. The lowest BCUT2D eigenvalue weighted by Crippen LogP contribution is -2.54. The van der Waals surface area contributed by atoms with Gasteiger partial charge in [0.25, 0.3) is 0 Å². The number of nitrogens with one attached hydrogen (secondary N) is 1. The molecule has 2 unspecified atom stereocenters. The van der Waals surface area contributed by atoms with Gasteiger partial charge in [-0.25, -0.2) is 21.6 Å². The summed E-state index contributed by atoms with van der Waals surface area (Å²) in [5.41, 5.74) is -0.722. The lowest BCUT2D eigenvalue weighted by atomic mass is 10.0. The molecule has 1 N–H and O–H groups in total. The van der Waals surface area contributed by atoms with Gasteiger partial charge >= 0.3 is 6.03 Å². The van der Waals surface area contributed by atoms with Crippen LogP contribution in [-0.2, 0) is 19.7 Å². The first-order valence-corrected chi connectivity index (χ1v) is 10.1. The molecule has 2 saturated heterocycles. The lowest BCUT2D eigenvalue weighted by Gasteiger charge is -2.35. The van der Waals surface area contributed by atoms with Gasteiger partial charge < -0.3 is 10.2 Å². The second kappa shape index (κ2) is 4.87. The number of hydrogen-bond acceptors (Lipinski definition) is 5. The average molecular weight is 324 g/mol. The van der Waals surface area contributed by atoms with E-state index in [2.05, 4.69) is 5.32 Å². The van der Waals surface area contributed by atoms with Crippen LogP contribution in [0.2, 0.25) is 0 Å². The Balaban J connectivity index is 2.00. The van der Waals surface area contributed by atoms with E-state index in [0.29, 0.717) is 12.8 Å². The Morgan fingerprint density at radius 3 is 2.30 bits per heavy atom. The molecular weight excluding hydrogens is 304 g/mol. The van der Waals surface area contributed by atoms with E-state index in [1.54, 1.807) is 14.0 Å². The normalized spacial score (nSPS) is 34.8. The summed E-state index contributed by atoms with van der Waals surface area (Å²) in [7, 11) is -4.59. The van der Waals surface area contributed by atoms with E-state index >= 15 is 0 Å². The van der Waals surface area contributed by atoms with E-state index in [0.717, 1.165) is 0 Å². The summed E-state index contributed by atoms with van der Waals surface area (Å²) in [6, 6.07) is -0.789. The van der Waals surface area contributed by atoms with E-state index in [-0.39, 0.29) is 29.1 Å². The molecule has 2 atom stereocenters. The summed E-state index contributed by atoms with van der Waals surface area (Å²) in [6.07, 6.45) is 0.819. The Morgan fingerprint density at radius 2 is 1.85 bits per heavy atom. The summed E-state index contributed by atoms with van der Waals surface area (Å²) < 4.78 is 45.8. The first kappa shape index (κ1) is 15.6. The third-order valence-corrected chi connectivity index (χ3v) is 7.81. The molecule has 0 saturated carbocycles. The van der Waals surface area contributed by atoms with Crippen molar-refractivity contribution in [2.75, 3.05) is 30.1 Å². The topological polar surface area (TPSA) is 101 Å². The highest BCUT2D eigenvalue weighted by molar-refractivity contribution is 7.92. The predicted molar refractivity (Wildman–Crippen MR) is 75.0 cm³/mol. The van der Waals surface area contributed by atoms with Crippen molar-refractivity contribution < 1.29 is 21.6 Å². The number of urea groups is 1. The summed E-state index contributed by atoms with van der Waals surface area (Å²) in [4.78, 5) is 13.5. The van der Waals surface area contributed by atoms with E-state index < -0.39 is 31.2 Å². The van der Waals surface area contributed by atoms with Crippen LogP contribution in [-0.4, -0.2) is 69.4 Å². The number of sulfone groups is 2. The Hall–Kier alpha value is -0.830. The van der Waals surface area contributed by atoms with Gasteiger partial charge in [0.1, 0.15) is 0 Å². The highest BCUT2D eigenvalue weighted by Gasteiger charge is 2.44. The van der Waals surface area contributed by atoms with E-state index in [1.807, 2.05) is 0 Å². The summed E-state index contributed by atoms with van der Waals surface area (Å²) in [5, 5.41) is 2.68. The SMILES string of the molecule is CN(C(=O)NC1CCS(=O)(=O)C1)C1(C)CCS(=O)(=O)C1. The molecule has 0 aliphatic carbocycles. The molecule has 9 heteroatoms. The molecule has 0 aromatic heterocycles. The minimum Gasteiger partial charge on any atom is -0.334 e. The number of carbonyl (C=O) groups excluding carboxylic acids is 1. The van der Waals surface area contributed by atoms with Gasteiger partial charge in [-0.2, -0.15) is 0 Å². The van der Waals surface area contributed by atoms with Gasteiger partial charge in [-0.1, -0.05) is 0 Å². The third-order valence-electron chi connectivity index (χ3n) is 4.16. The maximum Gasteiger partial charge on any atom is 0.317 e. The van der Waals surface area contributed by atoms with Crippen molar-refractivity contribution in [2.24, 2.45) is 0 Å². The zero-order valence-electron chi connectivity index (χ0n) is 11.6. The smallest absolute Gasteiger partial charge is 0.317 e. The van der Waals surface area contributed by atoms with Gasteiger partial charge in [0.15, 0.2) is 19.7 Å². The second-order valence-corrected chi connectivity index (χ2v) is 10.4. The van der Waals surface area contributed by atoms with Crippen LogP contribution in [0.3, 0.4) is 0 Å². The van der Waals surface area contributed by atoms with Crippen molar-refractivity contribution in [3.05, 3.63) is 0 Å². The monoisotopic (exact) mass is 324 g/mol. The number of carbonyl (C=O) groups is 1. The highest BCUT2D eigenvalue weighted by Crippen LogP contribution is 2.28. The zero-order valence-corrected chi connectivity index (χ0v) is 13.3. The Labute approximate surface area is 119 Å². The van der Waals surface area contributed by atoms with Crippen molar-refractivity contribution >= 4 is 25.7 Å². The quantitative estimate of drug-likeness (QED) is 0.730. The largest absolute Gasteiger partial charge is 0.334 e. The molecule has 2 aliphatic heterocycles. The molecule has 0 aromatic carbocycles. The molecule has 7 nitrogen and oxygen atoms in total. The molecule has 2 amide bonds. The number of rotatable bonds is 2. The van der Waals surface area contributed by atoms with Gasteiger partial charge in [-0.05, 0) is 19.8 Å². The average Bonchev–Trinajstić information content (AvgIpc) is 2.78. The van der Waals surface area contributed by atoms with Gasteiger partial charge in [-0.3, -0.25) is 0 Å². The van der Waals surface area contributed by atoms with Gasteiger partial charge in [0, 0.05) is 13.1 Å². The van der Waals surface area contributed by atoms with Crippen LogP contribution in [0.4, 0.5) is 4.79 Å². The summed E-state index contributed by atoms with van der Waals surface area (Å²) >= 11 is 0. The van der Waals surface area contributed by atoms with Gasteiger partial charge in [-0.15, -0.1) is 0 Å². The number of hydrogen-bond donors (Lipinski definition) is 1. The minimum atomic E-state index is -3.10. The fourth-order valence-corrected chi connectivity index (χ4v) is 6.54. The van der Waals surface area contributed by atoms with E-state index in [1.165, 1.54) is 4.90 Å². The van der Waals surface area contributed by atoms with E-state index in [9.17, 15) is 21.6 Å². The van der Waals surface area contributed by atoms with Crippen molar-refractivity contribution in [3.63, 3.8) is 0 Å². The number of nitrogens with zero attached hydrogens (tertiary/aromatic N) is 1. The molecule has 0 aromatic rings. The maximum atomic E-state index is 12.1. The van der Waals surface area contributed by atoms with E-state index in [4.69, 9.17) is 0 Å². The van der Waals surface area contributed by atoms with Crippen molar-refractivity contribution in [3.8, 4) is 0 Å². The van der Waals surface area contributed by atoms with Crippen LogP contribution in [0.5, 0.6) is 0 Å². The predicted octanol–water partition coefficient (Wildman–Crippen LogP) is -0.608. The molecule has 0 bridgehead atoms. The molecule has 0 radical (unpaired) electrons. The van der Waals surface area contributed by atoms with Crippen LogP contribution in [0, 0.1) is 0 Å². The molecule has 2 fully saturated rings.